The molecule has 0 amide bonds. The molecule has 0 aliphatic carbocycles. The van der Waals surface area contributed by atoms with Crippen molar-refractivity contribution in [2.45, 2.75) is 59.1 Å². The summed E-state index contributed by atoms with van der Waals surface area (Å²) in [6.45, 7) is 8.95. The van der Waals surface area contributed by atoms with Gasteiger partial charge in [0.15, 0.2) is 0 Å². The van der Waals surface area contributed by atoms with Crippen molar-refractivity contribution in [3.8, 4) is 17.2 Å². The number of rotatable bonds is 8. The first-order valence-electron chi connectivity index (χ1n) is 11.8. The summed E-state index contributed by atoms with van der Waals surface area (Å²) in [7, 11) is 0. The number of aromatic nitrogens is 2. The first kappa shape index (κ1) is 24.4. The minimum Gasteiger partial charge on any atom is -0.507 e. The van der Waals surface area contributed by atoms with E-state index >= 15 is 0 Å². The van der Waals surface area contributed by atoms with Crippen molar-refractivity contribution in [1.29, 1.82) is 0 Å². The van der Waals surface area contributed by atoms with Gasteiger partial charge in [-0.3, -0.25) is 4.68 Å². The van der Waals surface area contributed by atoms with E-state index in [2.05, 4.69) is 12.0 Å². The van der Waals surface area contributed by atoms with Crippen LogP contribution in [0, 0.1) is 20.8 Å². The number of nitrogens with zero attached hydrogens (tertiary/aromatic N) is 2. The maximum absolute atomic E-state index is 11.1. The molecule has 0 saturated heterocycles. The highest BCUT2D eigenvalue weighted by Gasteiger charge is 2.34. The molecule has 0 bridgehead atoms. The number of hydrogen-bond acceptors (Lipinski definition) is 5. The number of ether oxygens (including phenoxy) is 2. The molecule has 0 fully saturated rings. The average Bonchev–Trinajstić information content (AvgIpc) is 3.33. The normalized spacial score (nSPS) is 17.3. The molecular weight excluding hydrogens is 444 g/mol. The van der Waals surface area contributed by atoms with Gasteiger partial charge >= 0.3 is 5.97 Å². The number of benzene rings is 2. The third-order valence-electron chi connectivity index (χ3n) is 6.87. The highest BCUT2D eigenvalue weighted by Crippen LogP contribution is 2.44. The smallest absolute Gasteiger partial charge is 0.328 e. The average molecular weight is 477 g/mol. The molecule has 0 radical (unpaired) electrons. The summed E-state index contributed by atoms with van der Waals surface area (Å²) in [4.78, 5) is 11.1. The quantitative estimate of drug-likeness (QED) is 0.433. The van der Waals surface area contributed by atoms with Crippen molar-refractivity contribution >= 4 is 12.0 Å². The molecule has 0 spiro atoms. The van der Waals surface area contributed by atoms with Crippen LogP contribution in [0.1, 0.15) is 53.1 Å². The van der Waals surface area contributed by atoms with Crippen molar-refractivity contribution in [2.75, 3.05) is 6.61 Å². The second-order valence-corrected chi connectivity index (χ2v) is 9.43. The Kier molecular flexibility index (Phi) is 6.87. The number of hydrogen-bond donors (Lipinski definition) is 2. The van der Waals surface area contributed by atoms with Crippen molar-refractivity contribution < 1.29 is 24.5 Å². The van der Waals surface area contributed by atoms with E-state index in [0.29, 0.717) is 36.6 Å². The number of carboxylic acid groups (broad SMARTS) is 1. The number of aromatic hydroxyl groups is 1. The highest BCUT2D eigenvalue weighted by molar-refractivity contribution is 5.85. The molecule has 7 nitrogen and oxygen atoms in total. The van der Waals surface area contributed by atoms with Gasteiger partial charge in [-0.15, -0.1) is 0 Å². The molecule has 184 valence electrons. The standard InChI is InChI=1S/C28H32N2O5/c1-18-19(2)27-23(20(3)26(18)33)10-11-28(4,35-27)12-15-34-24-16-21(17-30-14-5-13-29-30)6-7-22(24)8-9-25(31)32/h5-9,13-14,16,33H,10-12,15,17H2,1-4H3,(H,31,32). The topological polar surface area (TPSA) is 93.8 Å². The lowest BCUT2D eigenvalue weighted by atomic mass is 9.86. The Balaban J connectivity index is 1.50. The second-order valence-electron chi connectivity index (χ2n) is 9.43. The zero-order valence-electron chi connectivity index (χ0n) is 20.7. The first-order valence-corrected chi connectivity index (χ1v) is 11.8. The number of phenols is 1. The summed E-state index contributed by atoms with van der Waals surface area (Å²) < 4.78 is 14.5. The van der Waals surface area contributed by atoms with Gasteiger partial charge in [0.1, 0.15) is 22.8 Å². The van der Waals surface area contributed by atoms with Crippen molar-refractivity contribution in [2.24, 2.45) is 0 Å². The number of carboxylic acids is 1. The Morgan fingerprint density at radius 3 is 2.77 bits per heavy atom. The highest BCUT2D eigenvalue weighted by atomic mass is 16.5. The zero-order chi connectivity index (χ0) is 25.2. The minimum atomic E-state index is -1.01. The predicted molar refractivity (Wildman–Crippen MR) is 134 cm³/mol. The van der Waals surface area contributed by atoms with Gasteiger partial charge in [0.05, 0.1) is 13.2 Å². The maximum atomic E-state index is 11.1. The summed E-state index contributed by atoms with van der Waals surface area (Å²) in [6, 6.07) is 7.62. The van der Waals surface area contributed by atoms with Gasteiger partial charge in [0.2, 0.25) is 0 Å². The summed E-state index contributed by atoms with van der Waals surface area (Å²) in [5, 5.41) is 23.7. The fourth-order valence-electron chi connectivity index (χ4n) is 4.53. The Hall–Kier alpha value is -3.74. The van der Waals surface area contributed by atoms with E-state index in [9.17, 15) is 9.90 Å². The fourth-order valence-corrected chi connectivity index (χ4v) is 4.53. The van der Waals surface area contributed by atoms with Crippen molar-refractivity contribution in [1.82, 2.24) is 9.78 Å². The summed E-state index contributed by atoms with van der Waals surface area (Å²) in [5.74, 6) is 0.844. The van der Waals surface area contributed by atoms with Gasteiger partial charge in [0, 0.05) is 36.0 Å². The molecule has 1 unspecified atom stereocenters. The predicted octanol–water partition coefficient (Wildman–Crippen LogP) is 5.21. The van der Waals surface area contributed by atoms with E-state index in [1.165, 1.54) is 0 Å². The third kappa shape index (κ3) is 5.34. The molecule has 4 rings (SSSR count). The Labute approximate surface area is 205 Å². The van der Waals surface area contributed by atoms with Gasteiger partial charge in [0.25, 0.3) is 0 Å². The molecule has 1 atom stereocenters. The van der Waals surface area contributed by atoms with E-state index in [0.717, 1.165) is 52.5 Å². The van der Waals surface area contributed by atoms with E-state index < -0.39 is 11.6 Å². The summed E-state index contributed by atoms with van der Waals surface area (Å²) in [6.07, 6.45) is 8.60. The number of aliphatic carboxylic acids is 1. The van der Waals surface area contributed by atoms with Gasteiger partial charge < -0.3 is 19.7 Å². The molecule has 1 aliphatic heterocycles. The molecule has 35 heavy (non-hydrogen) atoms. The van der Waals surface area contributed by atoms with Crippen LogP contribution in [0.3, 0.4) is 0 Å². The van der Waals surface area contributed by atoms with Crippen LogP contribution in [0.25, 0.3) is 6.08 Å². The van der Waals surface area contributed by atoms with Gasteiger partial charge in [-0.2, -0.15) is 5.10 Å². The van der Waals surface area contributed by atoms with E-state index in [4.69, 9.17) is 14.6 Å². The second kappa shape index (κ2) is 9.86. The largest absolute Gasteiger partial charge is 0.507 e. The lowest BCUT2D eigenvalue weighted by Gasteiger charge is -2.38. The number of fused-ring (bicyclic) bond motifs is 1. The molecule has 1 aromatic heterocycles. The van der Waals surface area contributed by atoms with Gasteiger partial charge in [-0.1, -0.05) is 12.1 Å². The Morgan fingerprint density at radius 1 is 1.26 bits per heavy atom. The first-order chi connectivity index (χ1) is 16.7. The molecule has 7 heteroatoms. The van der Waals surface area contributed by atoms with Crippen LogP contribution in [-0.2, 0) is 17.8 Å². The third-order valence-corrected chi connectivity index (χ3v) is 6.87. The van der Waals surface area contributed by atoms with Crippen LogP contribution in [0.15, 0.2) is 42.7 Å². The summed E-state index contributed by atoms with van der Waals surface area (Å²) >= 11 is 0. The fraction of sp³-hybridized carbons (Fsp3) is 0.357. The van der Waals surface area contributed by atoms with E-state index in [-0.39, 0.29) is 0 Å². The lowest BCUT2D eigenvalue weighted by molar-refractivity contribution is -0.131. The number of carbonyl (C=O) groups is 1. The summed E-state index contributed by atoms with van der Waals surface area (Å²) in [5.41, 5.74) is 5.10. The Morgan fingerprint density at radius 2 is 2.06 bits per heavy atom. The zero-order valence-corrected chi connectivity index (χ0v) is 20.7. The van der Waals surface area contributed by atoms with Gasteiger partial charge in [-0.05, 0) is 81.0 Å². The van der Waals surface area contributed by atoms with Crippen molar-refractivity contribution in [3.05, 3.63) is 76.1 Å². The molecule has 2 aromatic carbocycles. The minimum absolute atomic E-state index is 0.355. The molecule has 0 saturated carbocycles. The van der Waals surface area contributed by atoms with Crippen LogP contribution in [0.2, 0.25) is 0 Å². The Bertz CT molecular complexity index is 1260. The molecule has 1 aliphatic rings. The van der Waals surface area contributed by atoms with Gasteiger partial charge in [-0.25, -0.2) is 4.79 Å². The lowest BCUT2D eigenvalue weighted by Crippen LogP contribution is -2.38. The molecule has 2 heterocycles. The van der Waals surface area contributed by atoms with E-state index in [1.54, 1.807) is 12.3 Å². The van der Waals surface area contributed by atoms with Crippen LogP contribution >= 0.6 is 0 Å². The SMILES string of the molecule is Cc1c(C)c2c(c(C)c1O)CCC(C)(CCOc1cc(Cn3cccn3)ccc1C=CC(=O)O)O2. The maximum Gasteiger partial charge on any atom is 0.328 e. The van der Waals surface area contributed by atoms with Crippen LogP contribution in [0.4, 0.5) is 0 Å². The monoisotopic (exact) mass is 476 g/mol. The van der Waals surface area contributed by atoms with Crippen LogP contribution < -0.4 is 9.47 Å². The van der Waals surface area contributed by atoms with Crippen LogP contribution in [-0.4, -0.2) is 38.2 Å². The number of phenolic OH excluding ortho intramolecular Hbond substituents is 1. The molecular formula is C28H32N2O5. The van der Waals surface area contributed by atoms with Crippen molar-refractivity contribution in [3.63, 3.8) is 0 Å². The van der Waals surface area contributed by atoms with Crippen LogP contribution in [0.5, 0.6) is 17.2 Å². The van der Waals surface area contributed by atoms with E-state index in [1.807, 2.05) is 55.9 Å². The molecule has 3 aromatic rings. The molecule has 2 N–H and O–H groups in total.